The number of pyridine rings is 1. The van der Waals surface area contributed by atoms with Crippen LogP contribution in [0.5, 0.6) is 5.75 Å². The number of nitrogens with zero attached hydrogens (tertiary/aromatic N) is 2. The van der Waals surface area contributed by atoms with Crippen LogP contribution in [0.2, 0.25) is 0 Å². The van der Waals surface area contributed by atoms with Gasteiger partial charge in [0.15, 0.2) is 5.69 Å². The van der Waals surface area contributed by atoms with Gasteiger partial charge in [0.1, 0.15) is 11.4 Å². The van der Waals surface area contributed by atoms with Crippen molar-refractivity contribution in [3.05, 3.63) is 95.9 Å². The molecule has 7 heteroatoms. The van der Waals surface area contributed by atoms with Crippen molar-refractivity contribution >= 4 is 23.2 Å². The summed E-state index contributed by atoms with van der Waals surface area (Å²) in [5, 5.41) is 2.82. The van der Waals surface area contributed by atoms with E-state index in [1.54, 1.807) is 59.3 Å². The Morgan fingerprint density at radius 1 is 1.03 bits per heavy atom. The number of amides is 1. The minimum Gasteiger partial charge on any atom is -0.495 e. The smallest absolute Gasteiger partial charge is 0.359 e. The van der Waals surface area contributed by atoms with Crippen LogP contribution in [-0.4, -0.2) is 28.4 Å². The molecule has 7 nitrogen and oxygen atoms in total. The van der Waals surface area contributed by atoms with Crippen LogP contribution >= 0.6 is 0 Å². The van der Waals surface area contributed by atoms with Crippen molar-refractivity contribution in [3.8, 4) is 5.75 Å². The predicted octanol–water partition coefficient (Wildman–Crippen LogP) is 4.19. The van der Waals surface area contributed by atoms with Gasteiger partial charge in [-0.1, -0.05) is 42.5 Å². The highest BCUT2D eigenvalue weighted by Gasteiger charge is 2.27. The summed E-state index contributed by atoms with van der Waals surface area (Å²) in [7, 11) is 1.53. The molecule has 0 spiro atoms. The lowest BCUT2D eigenvalue weighted by Crippen LogP contribution is -2.26. The Hall–Kier alpha value is -4.13. The average Bonchev–Trinajstić information content (AvgIpc) is 3.22. The molecular weight excluding hydrogens is 394 g/mol. The molecule has 1 N–H and O–H groups in total. The van der Waals surface area contributed by atoms with Gasteiger partial charge in [-0.15, -0.1) is 0 Å². The minimum absolute atomic E-state index is 0.119. The largest absolute Gasteiger partial charge is 0.495 e. The van der Waals surface area contributed by atoms with Crippen molar-refractivity contribution in [1.82, 2.24) is 9.38 Å². The number of ether oxygens (including phenoxy) is 2. The van der Waals surface area contributed by atoms with Crippen molar-refractivity contribution in [1.29, 1.82) is 0 Å². The number of carbonyl (C=O) groups excluding carboxylic acids is 2. The van der Waals surface area contributed by atoms with Gasteiger partial charge < -0.3 is 19.2 Å². The molecule has 31 heavy (non-hydrogen) atoms. The van der Waals surface area contributed by atoms with E-state index in [9.17, 15) is 9.59 Å². The number of rotatable bonds is 6. The predicted molar refractivity (Wildman–Crippen MR) is 116 cm³/mol. The molecule has 0 fully saturated rings. The lowest BCUT2D eigenvalue weighted by Gasteiger charge is -2.19. The van der Waals surface area contributed by atoms with Crippen molar-refractivity contribution < 1.29 is 19.1 Å². The summed E-state index contributed by atoms with van der Waals surface area (Å²) < 4.78 is 12.7. The van der Waals surface area contributed by atoms with Gasteiger partial charge in [0.25, 0.3) is 5.91 Å². The number of methoxy groups -OCH3 is 1. The van der Waals surface area contributed by atoms with E-state index in [2.05, 4.69) is 10.3 Å². The summed E-state index contributed by atoms with van der Waals surface area (Å²) in [4.78, 5) is 30.3. The number of carbonyl (C=O) groups is 2. The van der Waals surface area contributed by atoms with E-state index in [0.717, 1.165) is 5.56 Å². The molecule has 0 radical (unpaired) electrons. The van der Waals surface area contributed by atoms with Gasteiger partial charge in [0.05, 0.1) is 12.8 Å². The summed E-state index contributed by atoms with van der Waals surface area (Å²) in [6, 6.07) is 19.7. The Morgan fingerprint density at radius 2 is 1.81 bits per heavy atom. The fourth-order valence-electron chi connectivity index (χ4n) is 3.22. The molecule has 0 bridgehead atoms. The van der Waals surface area contributed by atoms with Gasteiger partial charge in [-0.05, 0) is 36.8 Å². The molecule has 0 aliphatic carbocycles. The third-order valence-electron chi connectivity index (χ3n) is 4.75. The van der Waals surface area contributed by atoms with Crippen LogP contribution in [0.4, 0.5) is 5.69 Å². The third kappa shape index (κ3) is 4.40. The molecule has 0 aliphatic heterocycles. The number of hydrogen-bond donors (Lipinski definition) is 1. The normalized spacial score (nSPS) is 11.7. The van der Waals surface area contributed by atoms with Gasteiger partial charge in [0, 0.05) is 18.0 Å². The molecule has 2 aromatic carbocycles. The Balaban J connectivity index is 1.62. The lowest BCUT2D eigenvalue weighted by atomic mass is 10.1. The molecular formula is C24H21N3O4. The van der Waals surface area contributed by atoms with Crippen LogP contribution in [0.3, 0.4) is 0 Å². The Bertz CT molecular complexity index is 1200. The highest BCUT2D eigenvalue weighted by Crippen LogP contribution is 2.28. The van der Waals surface area contributed by atoms with Gasteiger partial charge in [0.2, 0.25) is 6.10 Å². The maximum absolute atomic E-state index is 13.2. The SMILES string of the molecule is COc1ccc(C)cc1NC(=O)[C@H](OC(=O)c1cn2ccccc2n1)c1ccccc1. The van der Waals surface area contributed by atoms with E-state index in [1.165, 1.54) is 7.11 Å². The maximum Gasteiger partial charge on any atom is 0.359 e. The zero-order valence-corrected chi connectivity index (χ0v) is 17.1. The Labute approximate surface area is 179 Å². The molecule has 0 saturated carbocycles. The molecule has 4 rings (SSSR count). The van der Waals surface area contributed by atoms with Crippen LogP contribution in [0.1, 0.15) is 27.7 Å². The number of benzene rings is 2. The number of hydrogen-bond acceptors (Lipinski definition) is 5. The van der Waals surface area contributed by atoms with Gasteiger partial charge >= 0.3 is 5.97 Å². The van der Waals surface area contributed by atoms with E-state index < -0.39 is 18.0 Å². The Morgan fingerprint density at radius 3 is 2.55 bits per heavy atom. The fourth-order valence-corrected chi connectivity index (χ4v) is 3.22. The highest BCUT2D eigenvalue weighted by atomic mass is 16.5. The van der Waals surface area contributed by atoms with Crippen molar-refractivity contribution in [3.63, 3.8) is 0 Å². The number of anilines is 1. The van der Waals surface area contributed by atoms with E-state index >= 15 is 0 Å². The van der Waals surface area contributed by atoms with E-state index in [-0.39, 0.29) is 5.69 Å². The van der Waals surface area contributed by atoms with Crippen LogP contribution in [0.15, 0.2) is 79.1 Å². The maximum atomic E-state index is 13.2. The van der Waals surface area contributed by atoms with E-state index in [4.69, 9.17) is 9.47 Å². The van der Waals surface area contributed by atoms with Crippen LogP contribution < -0.4 is 10.1 Å². The number of nitrogens with one attached hydrogen (secondary N) is 1. The molecule has 2 aromatic heterocycles. The molecule has 1 amide bonds. The summed E-state index contributed by atoms with van der Waals surface area (Å²) in [5.74, 6) is -0.673. The number of esters is 1. The first-order chi connectivity index (χ1) is 15.0. The number of imidazole rings is 1. The number of fused-ring (bicyclic) bond motifs is 1. The quantitative estimate of drug-likeness (QED) is 0.478. The average molecular weight is 415 g/mol. The summed E-state index contributed by atoms with van der Waals surface area (Å²) >= 11 is 0. The van der Waals surface area contributed by atoms with Crippen LogP contribution in [-0.2, 0) is 9.53 Å². The van der Waals surface area contributed by atoms with Crippen molar-refractivity contribution in [2.75, 3.05) is 12.4 Å². The minimum atomic E-state index is -1.16. The van der Waals surface area contributed by atoms with Crippen molar-refractivity contribution in [2.24, 2.45) is 0 Å². The second kappa shape index (κ2) is 8.71. The zero-order chi connectivity index (χ0) is 21.8. The molecule has 0 saturated heterocycles. The number of aryl methyl sites for hydroxylation is 1. The number of aromatic nitrogens is 2. The molecule has 4 aromatic rings. The zero-order valence-electron chi connectivity index (χ0n) is 17.1. The van der Waals surface area contributed by atoms with Gasteiger partial charge in [-0.25, -0.2) is 9.78 Å². The Kier molecular flexibility index (Phi) is 5.66. The van der Waals surface area contributed by atoms with E-state index in [0.29, 0.717) is 22.6 Å². The highest BCUT2D eigenvalue weighted by molar-refractivity contribution is 5.98. The van der Waals surface area contributed by atoms with Gasteiger partial charge in [-0.3, -0.25) is 4.79 Å². The molecule has 0 unspecified atom stereocenters. The molecule has 0 aliphatic rings. The lowest BCUT2D eigenvalue weighted by molar-refractivity contribution is -0.125. The second-order valence-corrected chi connectivity index (χ2v) is 6.98. The van der Waals surface area contributed by atoms with Gasteiger partial charge in [-0.2, -0.15) is 0 Å². The first-order valence-electron chi connectivity index (χ1n) is 9.70. The fraction of sp³-hybridized carbons (Fsp3) is 0.125. The van der Waals surface area contributed by atoms with Crippen LogP contribution in [0.25, 0.3) is 5.65 Å². The standard InChI is InChI=1S/C24H21N3O4/c1-16-11-12-20(30-2)18(14-16)26-23(28)22(17-8-4-3-5-9-17)31-24(29)19-15-27-13-7-6-10-21(27)25-19/h3-15,22H,1-2H3,(H,26,28)/t22-/m1/s1. The molecule has 2 heterocycles. The summed E-state index contributed by atoms with van der Waals surface area (Å²) in [6.45, 7) is 1.91. The van der Waals surface area contributed by atoms with E-state index in [1.807, 2.05) is 31.2 Å². The summed E-state index contributed by atoms with van der Waals surface area (Å²) in [5.41, 5.74) is 2.72. The monoisotopic (exact) mass is 415 g/mol. The first-order valence-corrected chi connectivity index (χ1v) is 9.70. The van der Waals surface area contributed by atoms with Crippen molar-refractivity contribution in [2.45, 2.75) is 13.0 Å². The molecule has 1 atom stereocenters. The van der Waals surface area contributed by atoms with Crippen LogP contribution in [0, 0.1) is 6.92 Å². The third-order valence-corrected chi connectivity index (χ3v) is 4.75. The summed E-state index contributed by atoms with van der Waals surface area (Å²) in [6.07, 6.45) is 2.19. The first kappa shape index (κ1) is 20.2. The topological polar surface area (TPSA) is 81.9 Å². The second-order valence-electron chi connectivity index (χ2n) is 6.98. The molecule has 156 valence electrons.